The Bertz CT molecular complexity index is 395. The van der Waals surface area contributed by atoms with E-state index in [1.165, 1.54) is 51.4 Å². The van der Waals surface area contributed by atoms with Crippen molar-refractivity contribution in [1.82, 2.24) is 0 Å². The molecule has 0 aliphatic carbocycles. The van der Waals surface area contributed by atoms with E-state index in [2.05, 4.69) is 6.92 Å². The number of hydrogen-bond acceptors (Lipinski definition) is 3. The van der Waals surface area contributed by atoms with Crippen LogP contribution in [0.3, 0.4) is 0 Å². The van der Waals surface area contributed by atoms with E-state index in [1.54, 1.807) is 0 Å². The summed E-state index contributed by atoms with van der Waals surface area (Å²) < 4.78 is 31.3. The first kappa shape index (κ1) is 25.9. The minimum Gasteiger partial charge on any atom is -0.393 e. The van der Waals surface area contributed by atoms with Gasteiger partial charge in [0.05, 0.1) is 11.4 Å². The van der Waals surface area contributed by atoms with Crippen LogP contribution in [0.2, 0.25) is 0 Å². The smallest absolute Gasteiger partial charge is 0.267 e. The fourth-order valence-corrected chi connectivity index (χ4v) is 4.39. The Kier molecular flexibility index (Phi) is 16.9. The van der Waals surface area contributed by atoms with Gasteiger partial charge in [-0.2, -0.15) is 8.42 Å². The van der Waals surface area contributed by atoms with Crippen molar-refractivity contribution < 1.29 is 18.1 Å². The maximum absolute atomic E-state index is 11.1. The van der Waals surface area contributed by atoms with Gasteiger partial charge in [-0.05, 0) is 25.7 Å². The van der Waals surface area contributed by atoms with E-state index in [9.17, 15) is 13.5 Å². The lowest BCUT2D eigenvalue weighted by Crippen LogP contribution is -2.19. The summed E-state index contributed by atoms with van der Waals surface area (Å²) in [4.78, 5) is 0. The third kappa shape index (κ3) is 16.1. The molecule has 0 saturated carbocycles. The second kappa shape index (κ2) is 17.0. The van der Waals surface area contributed by atoms with Crippen LogP contribution in [0.4, 0.5) is 0 Å². The van der Waals surface area contributed by atoms with Crippen LogP contribution < -0.4 is 0 Å². The van der Waals surface area contributed by atoms with Crippen LogP contribution in [0.1, 0.15) is 123 Å². The van der Waals surface area contributed by atoms with E-state index in [0.717, 1.165) is 44.9 Å². The normalized spacial score (nSPS) is 14.5. The standard InChI is InChI=1S/C21H44O4S/c1-3-5-6-11-14-17-20(22)18-15-12-9-7-8-10-13-16-19-21(4-2)26(23,24)25/h20-22H,3-19H2,1-2H3,(H,23,24,25). The quantitative estimate of drug-likeness (QED) is 0.200. The highest BCUT2D eigenvalue weighted by atomic mass is 32.2. The van der Waals surface area contributed by atoms with Gasteiger partial charge in [-0.3, -0.25) is 4.55 Å². The summed E-state index contributed by atoms with van der Waals surface area (Å²) in [5.41, 5.74) is 0. The molecule has 0 aromatic rings. The zero-order valence-corrected chi connectivity index (χ0v) is 18.1. The lowest BCUT2D eigenvalue weighted by Gasteiger charge is -2.11. The van der Waals surface area contributed by atoms with Gasteiger partial charge in [0.1, 0.15) is 0 Å². The van der Waals surface area contributed by atoms with Gasteiger partial charge in [0, 0.05) is 0 Å². The number of aliphatic hydroxyl groups is 1. The Morgan fingerprint density at radius 1 is 0.654 bits per heavy atom. The van der Waals surface area contributed by atoms with Crippen molar-refractivity contribution in [1.29, 1.82) is 0 Å². The third-order valence-corrected chi connectivity index (χ3v) is 6.74. The largest absolute Gasteiger partial charge is 0.393 e. The molecule has 5 heteroatoms. The molecule has 2 N–H and O–H groups in total. The zero-order valence-electron chi connectivity index (χ0n) is 17.3. The molecule has 2 unspecified atom stereocenters. The van der Waals surface area contributed by atoms with Gasteiger partial charge in [-0.25, -0.2) is 0 Å². The third-order valence-electron chi connectivity index (χ3n) is 5.33. The van der Waals surface area contributed by atoms with Crippen LogP contribution in [0.5, 0.6) is 0 Å². The molecule has 0 aliphatic heterocycles. The molecular formula is C21H44O4S. The zero-order chi connectivity index (χ0) is 19.7. The van der Waals surface area contributed by atoms with Gasteiger partial charge < -0.3 is 5.11 Å². The molecule has 26 heavy (non-hydrogen) atoms. The highest BCUT2D eigenvalue weighted by molar-refractivity contribution is 7.86. The maximum Gasteiger partial charge on any atom is 0.267 e. The van der Waals surface area contributed by atoms with E-state index in [-0.39, 0.29) is 6.10 Å². The first-order valence-electron chi connectivity index (χ1n) is 11.1. The molecule has 0 saturated heterocycles. The van der Waals surface area contributed by atoms with Gasteiger partial charge in [0.15, 0.2) is 0 Å². The summed E-state index contributed by atoms with van der Waals surface area (Å²) >= 11 is 0. The molecule has 4 nitrogen and oxygen atoms in total. The molecule has 0 aromatic carbocycles. The predicted octanol–water partition coefficient (Wildman–Crippen LogP) is 6.28. The maximum atomic E-state index is 11.1. The molecule has 0 rings (SSSR count). The Balaban J connectivity index is 3.35. The fourth-order valence-electron chi connectivity index (χ4n) is 3.50. The van der Waals surface area contributed by atoms with Crippen LogP contribution >= 0.6 is 0 Å². The lowest BCUT2D eigenvalue weighted by atomic mass is 10.0. The lowest BCUT2D eigenvalue weighted by molar-refractivity contribution is 0.147. The van der Waals surface area contributed by atoms with E-state index in [4.69, 9.17) is 4.55 Å². The molecular weight excluding hydrogens is 348 g/mol. The van der Waals surface area contributed by atoms with Crippen LogP contribution in [-0.4, -0.2) is 29.4 Å². The van der Waals surface area contributed by atoms with Gasteiger partial charge >= 0.3 is 0 Å². The second-order valence-electron chi connectivity index (χ2n) is 7.81. The van der Waals surface area contributed by atoms with Crippen LogP contribution in [0.25, 0.3) is 0 Å². The van der Waals surface area contributed by atoms with Crippen LogP contribution in [0, 0.1) is 0 Å². The Morgan fingerprint density at radius 2 is 1.04 bits per heavy atom. The number of aliphatic hydroxyl groups excluding tert-OH is 1. The summed E-state index contributed by atoms with van der Waals surface area (Å²) in [6.07, 6.45) is 18.2. The molecule has 0 aliphatic rings. The second-order valence-corrected chi connectivity index (χ2v) is 9.50. The summed E-state index contributed by atoms with van der Waals surface area (Å²) in [6.45, 7) is 4.03. The fraction of sp³-hybridized carbons (Fsp3) is 1.00. The van der Waals surface area contributed by atoms with Crippen LogP contribution in [-0.2, 0) is 10.1 Å². The molecule has 0 aromatic heterocycles. The highest BCUT2D eigenvalue weighted by Crippen LogP contribution is 2.17. The van der Waals surface area contributed by atoms with Crippen LogP contribution in [0.15, 0.2) is 0 Å². The van der Waals surface area contributed by atoms with E-state index >= 15 is 0 Å². The minimum atomic E-state index is -3.86. The van der Waals surface area contributed by atoms with E-state index in [0.29, 0.717) is 12.8 Å². The summed E-state index contributed by atoms with van der Waals surface area (Å²) in [6, 6.07) is 0. The predicted molar refractivity (Wildman–Crippen MR) is 111 cm³/mol. The summed E-state index contributed by atoms with van der Waals surface area (Å²) in [5, 5.41) is 9.38. The van der Waals surface area contributed by atoms with Crippen molar-refractivity contribution in [3.8, 4) is 0 Å². The first-order chi connectivity index (χ1) is 12.4. The molecule has 0 spiro atoms. The molecule has 0 radical (unpaired) electrons. The van der Waals surface area contributed by atoms with Gasteiger partial charge in [0.2, 0.25) is 0 Å². The SMILES string of the molecule is CCCCCCCC(O)CCCCCCCCCCC(CC)S(=O)(=O)O. The van der Waals surface area contributed by atoms with Crippen molar-refractivity contribution in [3.05, 3.63) is 0 Å². The van der Waals surface area contributed by atoms with Gasteiger partial charge in [-0.1, -0.05) is 97.3 Å². The van der Waals surface area contributed by atoms with Gasteiger partial charge in [-0.15, -0.1) is 0 Å². The molecule has 0 bridgehead atoms. The van der Waals surface area contributed by atoms with E-state index < -0.39 is 15.4 Å². The van der Waals surface area contributed by atoms with Crippen molar-refractivity contribution >= 4 is 10.1 Å². The Morgan fingerprint density at radius 3 is 1.42 bits per heavy atom. The molecule has 0 fully saturated rings. The van der Waals surface area contributed by atoms with Crippen molar-refractivity contribution in [2.45, 2.75) is 134 Å². The Hall–Kier alpha value is -0.130. The molecule has 0 amide bonds. The van der Waals surface area contributed by atoms with Crippen molar-refractivity contribution in [2.24, 2.45) is 0 Å². The highest BCUT2D eigenvalue weighted by Gasteiger charge is 2.19. The molecule has 0 heterocycles. The summed E-state index contributed by atoms with van der Waals surface area (Å²) in [7, 11) is -3.86. The first-order valence-corrected chi connectivity index (χ1v) is 12.6. The number of rotatable bonds is 19. The van der Waals surface area contributed by atoms with Crippen molar-refractivity contribution in [3.63, 3.8) is 0 Å². The molecule has 158 valence electrons. The topological polar surface area (TPSA) is 74.6 Å². The Labute approximate surface area is 162 Å². The number of unbranched alkanes of at least 4 members (excludes halogenated alkanes) is 11. The monoisotopic (exact) mass is 392 g/mol. The average molecular weight is 393 g/mol. The van der Waals surface area contributed by atoms with E-state index in [1.807, 2.05) is 6.92 Å². The molecule has 2 atom stereocenters. The summed E-state index contributed by atoms with van der Waals surface area (Å²) in [5.74, 6) is 0. The van der Waals surface area contributed by atoms with Crippen molar-refractivity contribution in [2.75, 3.05) is 0 Å². The van der Waals surface area contributed by atoms with Gasteiger partial charge in [0.25, 0.3) is 10.1 Å². The average Bonchev–Trinajstić information content (AvgIpc) is 2.58. The number of hydrogen-bond donors (Lipinski definition) is 2. The minimum absolute atomic E-state index is 0.106.